The highest BCUT2D eigenvalue weighted by molar-refractivity contribution is 7.89. The fourth-order valence-electron chi connectivity index (χ4n) is 4.21. The minimum absolute atomic E-state index is 0.0796. The standard InChI is InChI=1S/C24H25N3O6S2/c1-16-23(21(33-26-16)7-5-19-3-2-12-34-19)35(29,30)27-10-8-18(9-11-27)24(28)25-14-17-4-6-20-22(13-17)32-15-31-20/h2-7,12-13,18H,8-11,14-15H2,1H3,(H,25,28). The van der Waals surface area contributed by atoms with E-state index in [4.69, 9.17) is 14.0 Å². The Kier molecular flexibility index (Phi) is 6.63. The number of piperidine rings is 1. The summed E-state index contributed by atoms with van der Waals surface area (Å²) in [6.45, 7) is 2.70. The molecule has 0 aliphatic carbocycles. The number of hydrogen-bond acceptors (Lipinski definition) is 8. The Hall–Kier alpha value is -3.15. The molecule has 184 valence electrons. The van der Waals surface area contributed by atoms with Gasteiger partial charge in [0.1, 0.15) is 5.69 Å². The smallest absolute Gasteiger partial charge is 0.248 e. The van der Waals surface area contributed by atoms with Gasteiger partial charge in [0.15, 0.2) is 22.2 Å². The molecule has 2 aromatic heterocycles. The molecule has 1 fully saturated rings. The lowest BCUT2D eigenvalue weighted by Crippen LogP contribution is -2.43. The van der Waals surface area contributed by atoms with Crippen LogP contribution >= 0.6 is 11.3 Å². The van der Waals surface area contributed by atoms with Crippen LogP contribution in [0.2, 0.25) is 0 Å². The van der Waals surface area contributed by atoms with Gasteiger partial charge in [-0.3, -0.25) is 4.79 Å². The van der Waals surface area contributed by atoms with E-state index in [9.17, 15) is 13.2 Å². The minimum Gasteiger partial charge on any atom is -0.454 e. The Morgan fingerprint density at radius 2 is 2.00 bits per heavy atom. The van der Waals surface area contributed by atoms with Crippen molar-refractivity contribution in [2.24, 2.45) is 5.92 Å². The van der Waals surface area contributed by atoms with Crippen molar-refractivity contribution >= 4 is 39.4 Å². The third-order valence-corrected chi connectivity index (χ3v) is 9.00. The Morgan fingerprint density at radius 1 is 1.20 bits per heavy atom. The number of rotatable bonds is 7. The van der Waals surface area contributed by atoms with Gasteiger partial charge < -0.3 is 19.3 Å². The Bertz CT molecular complexity index is 1340. The van der Waals surface area contributed by atoms with Gasteiger partial charge >= 0.3 is 0 Å². The van der Waals surface area contributed by atoms with Crippen LogP contribution in [0.5, 0.6) is 11.5 Å². The van der Waals surface area contributed by atoms with Crippen molar-refractivity contribution in [3.8, 4) is 11.5 Å². The van der Waals surface area contributed by atoms with Crippen LogP contribution in [0, 0.1) is 12.8 Å². The summed E-state index contributed by atoms with van der Waals surface area (Å²) in [5, 5.41) is 8.78. The number of nitrogens with one attached hydrogen (secondary N) is 1. The van der Waals surface area contributed by atoms with Gasteiger partial charge in [0.25, 0.3) is 0 Å². The molecule has 1 N–H and O–H groups in total. The van der Waals surface area contributed by atoms with Gasteiger partial charge in [-0.15, -0.1) is 11.3 Å². The van der Waals surface area contributed by atoms with E-state index in [2.05, 4.69) is 10.5 Å². The molecule has 35 heavy (non-hydrogen) atoms. The van der Waals surface area contributed by atoms with Gasteiger partial charge in [-0.05, 0) is 61.1 Å². The lowest BCUT2D eigenvalue weighted by atomic mass is 9.97. The third kappa shape index (κ3) is 4.97. The lowest BCUT2D eigenvalue weighted by molar-refractivity contribution is -0.126. The van der Waals surface area contributed by atoms with Crippen molar-refractivity contribution < 1.29 is 27.2 Å². The summed E-state index contributed by atoms with van der Waals surface area (Å²) in [4.78, 5) is 13.8. The number of amides is 1. The normalized spacial score (nSPS) is 16.7. The first-order valence-corrected chi connectivity index (χ1v) is 13.6. The van der Waals surface area contributed by atoms with Crippen LogP contribution in [0.4, 0.5) is 0 Å². The van der Waals surface area contributed by atoms with Crippen LogP contribution in [-0.2, 0) is 21.4 Å². The maximum atomic E-state index is 13.4. The van der Waals surface area contributed by atoms with E-state index in [0.717, 1.165) is 10.4 Å². The molecule has 1 saturated heterocycles. The quantitative estimate of drug-likeness (QED) is 0.511. The Labute approximate surface area is 207 Å². The highest BCUT2D eigenvalue weighted by Gasteiger charge is 2.35. The molecule has 9 nitrogen and oxygen atoms in total. The molecule has 0 atom stereocenters. The summed E-state index contributed by atoms with van der Waals surface area (Å²) < 4.78 is 44.2. The molecule has 0 saturated carbocycles. The van der Waals surface area contributed by atoms with Crippen LogP contribution in [0.3, 0.4) is 0 Å². The zero-order valence-electron chi connectivity index (χ0n) is 19.1. The maximum Gasteiger partial charge on any atom is 0.248 e. The molecule has 0 spiro atoms. The highest BCUT2D eigenvalue weighted by atomic mass is 32.2. The van der Waals surface area contributed by atoms with Crippen molar-refractivity contribution in [2.75, 3.05) is 19.9 Å². The summed E-state index contributed by atoms with van der Waals surface area (Å²) in [6.07, 6.45) is 4.32. The van der Waals surface area contributed by atoms with Crippen molar-refractivity contribution in [3.63, 3.8) is 0 Å². The molecule has 11 heteroatoms. The fourth-order valence-corrected chi connectivity index (χ4v) is 6.55. The number of fused-ring (bicyclic) bond motifs is 1. The number of nitrogens with zero attached hydrogens (tertiary/aromatic N) is 2. The van der Waals surface area contributed by atoms with Gasteiger partial charge in [0.2, 0.25) is 22.7 Å². The first kappa shape index (κ1) is 23.6. The van der Waals surface area contributed by atoms with E-state index in [-0.39, 0.29) is 42.4 Å². The minimum atomic E-state index is -3.81. The average Bonchev–Trinajstić information content (AvgIpc) is 3.62. The largest absolute Gasteiger partial charge is 0.454 e. The predicted octanol–water partition coefficient (Wildman–Crippen LogP) is 3.66. The van der Waals surface area contributed by atoms with Gasteiger partial charge in [-0.2, -0.15) is 4.31 Å². The van der Waals surface area contributed by atoms with Gasteiger partial charge in [-0.1, -0.05) is 17.3 Å². The number of aryl methyl sites for hydroxylation is 1. The molecule has 2 aliphatic heterocycles. The molecule has 0 bridgehead atoms. The van der Waals surface area contributed by atoms with Crippen LogP contribution in [-0.4, -0.2) is 43.7 Å². The van der Waals surface area contributed by atoms with E-state index in [1.807, 2.05) is 35.7 Å². The summed E-state index contributed by atoms with van der Waals surface area (Å²) >= 11 is 1.54. The summed E-state index contributed by atoms with van der Waals surface area (Å²) in [7, 11) is -3.81. The summed E-state index contributed by atoms with van der Waals surface area (Å²) in [5.74, 6) is 1.24. The van der Waals surface area contributed by atoms with Crippen molar-refractivity contribution in [3.05, 3.63) is 57.6 Å². The van der Waals surface area contributed by atoms with Crippen molar-refractivity contribution in [1.29, 1.82) is 0 Å². The number of hydrogen-bond donors (Lipinski definition) is 1. The number of sulfonamides is 1. The van der Waals surface area contributed by atoms with E-state index >= 15 is 0 Å². The number of ether oxygens (including phenoxy) is 2. The molecule has 0 unspecified atom stereocenters. The van der Waals surface area contributed by atoms with E-state index in [1.54, 1.807) is 30.4 Å². The second-order valence-corrected chi connectivity index (χ2v) is 11.2. The predicted molar refractivity (Wildman–Crippen MR) is 130 cm³/mol. The van der Waals surface area contributed by atoms with E-state index in [1.165, 1.54) is 4.31 Å². The fraction of sp³-hybridized carbons (Fsp3) is 0.333. The van der Waals surface area contributed by atoms with Crippen LogP contribution < -0.4 is 14.8 Å². The number of carbonyl (C=O) groups excluding carboxylic acids is 1. The topological polar surface area (TPSA) is 111 Å². The lowest BCUT2D eigenvalue weighted by Gasteiger charge is -2.30. The van der Waals surface area contributed by atoms with Crippen LogP contribution in [0.1, 0.15) is 34.7 Å². The van der Waals surface area contributed by atoms with Crippen molar-refractivity contribution in [2.45, 2.75) is 31.2 Å². The SMILES string of the molecule is Cc1noc(C=Cc2cccs2)c1S(=O)(=O)N1CCC(C(=O)NCc2ccc3c(c2)OCO3)CC1. The molecular formula is C24H25N3O6S2. The average molecular weight is 516 g/mol. The van der Waals surface area contributed by atoms with Gasteiger partial charge in [0, 0.05) is 30.4 Å². The highest BCUT2D eigenvalue weighted by Crippen LogP contribution is 2.33. The second-order valence-electron chi connectivity index (χ2n) is 8.39. The zero-order chi connectivity index (χ0) is 24.4. The number of aromatic nitrogens is 1. The summed E-state index contributed by atoms with van der Waals surface area (Å²) in [6, 6.07) is 9.41. The van der Waals surface area contributed by atoms with Crippen LogP contribution in [0.15, 0.2) is 45.1 Å². The first-order valence-electron chi connectivity index (χ1n) is 11.3. The molecular weight excluding hydrogens is 490 g/mol. The molecule has 3 aromatic rings. The second kappa shape index (κ2) is 9.84. The molecule has 2 aliphatic rings. The number of thiophene rings is 1. The molecule has 1 amide bonds. The van der Waals surface area contributed by atoms with Gasteiger partial charge in [-0.25, -0.2) is 8.42 Å². The van der Waals surface area contributed by atoms with Crippen LogP contribution in [0.25, 0.3) is 12.2 Å². The third-order valence-electron chi connectivity index (χ3n) is 6.10. The zero-order valence-corrected chi connectivity index (χ0v) is 20.7. The van der Waals surface area contributed by atoms with Gasteiger partial charge in [0.05, 0.1) is 0 Å². The molecule has 0 radical (unpaired) electrons. The Balaban J connectivity index is 1.20. The molecule has 1 aromatic carbocycles. The first-order chi connectivity index (χ1) is 16.9. The number of carbonyl (C=O) groups is 1. The number of benzene rings is 1. The molecule has 4 heterocycles. The Morgan fingerprint density at radius 3 is 2.77 bits per heavy atom. The monoisotopic (exact) mass is 515 g/mol. The van der Waals surface area contributed by atoms with E-state index in [0.29, 0.717) is 36.6 Å². The maximum absolute atomic E-state index is 13.4. The van der Waals surface area contributed by atoms with Crippen molar-refractivity contribution in [1.82, 2.24) is 14.8 Å². The van der Waals surface area contributed by atoms with E-state index < -0.39 is 10.0 Å². The molecule has 5 rings (SSSR count). The summed E-state index contributed by atoms with van der Waals surface area (Å²) in [5.41, 5.74) is 1.23.